The topological polar surface area (TPSA) is 72.4 Å². The van der Waals surface area contributed by atoms with Crippen LogP contribution in [0.1, 0.15) is 21.6 Å². The molecular formula is C21H20ClN3O3. The van der Waals surface area contributed by atoms with Crippen LogP contribution in [0.25, 0.3) is 0 Å². The van der Waals surface area contributed by atoms with Gasteiger partial charge in [0.1, 0.15) is 0 Å². The lowest BCUT2D eigenvalue weighted by Gasteiger charge is -2.12. The second-order valence-electron chi connectivity index (χ2n) is 6.13. The van der Waals surface area contributed by atoms with Gasteiger partial charge in [-0.2, -0.15) is 0 Å². The fraction of sp³-hybridized carbons (Fsp3) is 0.143. The Morgan fingerprint density at radius 2 is 1.75 bits per heavy atom. The molecule has 0 bridgehead atoms. The van der Waals surface area contributed by atoms with Crippen molar-refractivity contribution in [3.8, 4) is 0 Å². The normalized spacial score (nSPS) is 10.4. The van der Waals surface area contributed by atoms with Crippen molar-refractivity contribution in [1.82, 2.24) is 9.88 Å². The first-order valence-electron chi connectivity index (χ1n) is 8.67. The molecule has 28 heavy (non-hydrogen) atoms. The number of hydrogen-bond acceptors (Lipinski definition) is 3. The van der Waals surface area contributed by atoms with Crippen LogP contribution in [-0.2, 0) is 17.8 Å². The molecule has 2 aromatic carbocycles. The summed E-state index contributed by atoms with van der Waals surface area (Å²) in [7, 11) is 1.32. The molecule has 0 aliphatic rings. The van der Waals surface area contributed by atoms with E-state index in [0.29, 0.717) is 29.4 Å². The first kappa shape index (κ1) is 19.5. The zero-order chi connectivity index (χ0) is 19.9. The molecule has 7 heteroatoms. The third-order valence-electron chi connectivity index (χ3n) is 4.18. The number of methoxy groups -OCH3 is 1. The Hall–Kier alpha value is -3.25. The number of benzene rings is 2. The smallest absolute Gasteiger partial charge is 0.337 e. The zero-order valence-corrected chi connectivity index (χ0v) is 16.1. The number of aromatic nitrogens is 1. The second kappa shape index (κ2) is 9.10. The van der Waals surface area contributed by atoms with E-state index in [2.05, 4.69) is 19.9 Å². The van der Waals surface area contributed by atoms with Crippen LogP contribution in [0.3, 0.4) is 0 Å². The molecule has 2 N–H and O–H groups in total. The van der Waals surface area contributed by atoms with Gasteiger partial charge in [0.15, 0.2) is 0 Å². The summed E-state index contributed by atoms with van der Waals surface area (Å²) < 4.78 is 6.71. The Bertz CT molecular complexity index is 950. The fourth-order valence-electron chi connectivity index (χ4n) is 2.70. The Morgan fingerprint density at radius 3 is 2.43 bits per heavy atom. The summed E-state index contributed by atoms with van der Waals surface area (Å²) in [5.74, 6) is -0.419. The minimum atomic E-state index is -0.419. The molecule has 3 rings (SSSR count). The Balaban J connectivity index is 1.54. The van der Waals surface area contributed by atoms with Crippen LogP contribution >= 0.6 is 11.6 Å². The molecule has 6 nitrogen and oxygen atoms in total. The van der Waals surface area contributed by atoms with Crippen molar-refractivity contribution in [2.45, 2.75) is 13.1 Å². The number of anilines is 1. The summed E-state index contributed by atoms with van der Waals surface area (Å²) >= 11 is 5.92. The van der Waals surface area contributed by atoms with E-state index in [1.807, 2.05) is 42.6 Å². The number of urea groups is 1. The maximum Gasteiger partial charge on any atom is 0.337 e. The first-order chi connectivity index (χ1) is 13.5. The van der Waals surface area contributed by atoms with E-state index in [4.69, 9.17) is 11.6 Å². The van der Waals surface area contributed by atoms with E-state index < -0.39 is 5.97 Å². The van der Waals surface area contributed by atoms with Crippen LogP contribution in [0.4, 0.5) is 10.5 Å². The first-order valence-corrected chi connectivity index (χ1v) is 9.04. The molecule has 0 saturated heterocycles. The van der Waals surface area contributed by atoms with Gasteiger partial charge in [-0.1, -0.05) is 23.7 Å². The number of ether oxygens (including phenoxy) is 1. The second-order valence-corrected chi connectivity index (χ2v) is 6.57. The predicted octanol–water partition coefficient (Wildman–Crippen LogP) is 4.30. The van der Waals surface area contributed by atoms with Crippen LogP contribution in [0, 0.1) is 0 Å². The quantitative estimate of drug-likeness (QED) is 0.609. The minimum absolute atomic E-state index is 0.329. The molecule has 0 aliphatic carbocycles. The molecule has 1 heterocycles. The maximum atomic E-state index is 12.2. The molecule has 0 atom stereocenters. The van der Waals surface area contributed by atoms with E-state index >= 15 is 0 Å². The molecule has 0 spiro atoms. The summed E-state index contributed by atoms with van der Waals surface area (Å²) in [5.41, 5.74) is 3.11. The number of hydrogen-bond donors (Lipinski definition) is 2. The third kappa shape index (κ3) is 5.14. The minimum Gasteiger partial charge on any atom is -0.465 e. The Morgan fingerprint density at radius 1 is 1.04 bits per heavy atom. The Labute approximate surface area is 168 Å². The van der Waals surface area contributed by atoms with Gasteiger partial charge < -0.3 is 19.9 Å². The third-order valence-corrected chi connectivity index (χ3v) is 4.44. The molecule has 0 radical (unpaired) electrons. The highest BCUT2D eigenvalue weighted by atomic mass is 35.5. The zero-order valence-electron chi connectivity index (χ0n) is 15.3. The number of carbonyl (C=O) groups excluding carboxylic acids is 2. The molecule has 0 unspecified atom stereocenters. The summed E-state index contributed by atoms with van der Waals surface area (Å²) in [6.45, 7) is 1.07. The number of rotatable bonds is 6. The number of nitrogens with one attached hydrogen (secondary N) is 2. The van der Waals surface area contributed by atoms with Gasteiger partial charge in [0.25, 0.3) is 0 Å². The number of halogens is 1. The highest BCUT2D eigenvalue weighted by molar-refractivity contribution is 6.30. The lowest BCUT2D eigenvalue weighted by molar-refractivity contribution is 0.0600. The van der Waals surface area contributed by atoms with Crippen molar-refractivity contribution in [1.29, 1.82) is 0 Å². The summed E-state index contributed by atoms with van der Waals surface area (Å²) in [4.78, 5) is 23.6. The number of carbonyl (C=O) groups is 2. The monoisotopic (exact) mass is 397 g/mol. The lowest BCUT2D eigenvalue weighted by atomic mass is 10.2. The molecule has 0 fully saturated rings. The standard InChI is InChI=1S/C21H20ClN3O3/c1-28-20(26)16-6-10-18(11-7-16)24-21(27)23-13-19-3-2-12-25(19)14-15-4-8-17(22)9-5-15/h2-12H,13-14H2,1H3,(H2,23,24,27). The van der Waals surface area contributed by atoms with Crippen LogP contribution < -0.4 is 10.6 Å². The molecule has 3 aromatic rings. The molecule has 1 aromatic heterocycles. The van der Waals surface area contributed by atoms with Crippen molar-refractivity contribution >= 4 is 29.3 Å². The summed E-state index contributed by atoms with van der Waals surface area (Å²) in [5, 5.41) is 6.27. The largest absolute Gasteiger partial charge is 0.465 e. The predicted molar refractivity (Wildman–Crippen MR) is 109 cm³/mol. The highest BCUT2D eigenvalue weighted by Gasteiger charge is 2.08. The molecular weight excluding hydrogens is 378 g/mol. The highest BCUT2D eigenvalue weighted by Crippen LogP contribution is 2.13. The van der Waals surface area contributed by atoms with Crippen molar-refractivity contribution in [3.63, 3.8) is 0 Å². The van der Waals surface area contributed by atoms with Crippen molar-refractivity contribution < 1.29 is 14.3 Å². The lowest BCUT2D eigenvalue weighted by Crippen LogP contribution is -2.29. The van der Waals surface area contributed by atoms with E-state index in [-0.39, 0.29) is 6.03 Å². The number of esters is 1. The average Bonchev–Trinajstić information content (AvgIpc) is 3.15. The average molecular weight is 398 g/mol. The van der Waals surface area contributed by atoms with E-state index in [1.54, 1.807) is 24.3 Å². The van der Waals surface area contributed by atoms with Gasteiger partial charge >= 0.3 is 12.0 Å². The summed E-state index contributed by atoms with van der Waals surface area (Å²) in [6, 6.07) is 17.7. The van der Waals surface area contributed by atoms with E-state index in [1.165, 1.54) is 7.11 Å². The van der Waals surface area contributed by atoms with Crippen LogP contribution in [0.15, 0.2) is 66.9 Å². The van der Waals surface area contributed by atoms with Gasteiger partial charge in [0.2, 0.25) is 0 Å². The van der Waals surface area contributed by atoms with E-state index in [0.717, 1.165) is 11.3 Å². The maximum absolute atomic E-state index is 12.2. The van der Waals surface area contributed by atoms with Crippen LogP contribution in [0.2, 0.25) is 5.02 Å². The van der Waals surface area contributed by atoms with Gasteiger partial charge in [-0.15, -0.1) is 0 Å². The van der Waals surface area contributed by atoms with Crippen LogP contribution in [-0.4, -0.2) is 23.7 Å². The Kier molecular flexibility index (Phi) is 6.34. The van der Waals surface area contributed by atoms with Gasteiger partial charge in [-0.3, -0.25) is 0 Å². The SMILES string of the molecule is COC(=O)c1ccc(NC(=O)NCc2cccn2Cc2ccc(Cl)cc2)cc1. The van der Waals surface area contributed by atoms with Gasteiger partial charge in [-0.25, -0.2) is 9.59 Å². The van der Waals surface area contributed by atoms with Gasteiger partial charge in [0, 0.05) is 29.1 Å². The number of nitrogens with zero attached hydrogens (tertiary/aromatic N) is 1. The van der Waals surface area contributed by atoms with Crippen LogP contribution in [0.5, 0.6) is 0 Å². The van der Waals surface area contributed by atoms with Crippen molar-refractivity contribution in [3.05, 3.63) is 88.7 Å². The molecule has 2 amide bonds. The van der Waals surface area contributed by atoms with E-state index in [9.17, 15) is 9.59 Å². The molecule has 0 aliphatic heterocycles. The van der Waals surface area contributed by atoms with Gasteiger partial charge in [0.05, 0.1) is 19.2 Å². The molecule has 144 valence electrons. The van der Waals surface area contributed by atoms with Crippen molar-refractivity contribution in [2.75, 3.05) is 12.4 Å². The summed E-state index contributed by atoms with van der Waals surface area (Å²) in [6.07, 6.45) is 1.97. The molecule has 0 saturated carbocycles. The van der Waals surface area contributed by atoms with Gasteiger partial charge in [-0.05, 0) is 54.1 Å². The number of amides is 2. The fourth-order valence-corrected chi connectivity index (χ4v) is 2.83. The van der Waals surface area contributed by atoms with Crippen molar-refractivity contribution in [2.24, 2.45) is 0 Å².